The summed E-state index contributed by atoms with van der Waals surface area (Å²) in [5, 5.41) is 18.1. The first-order valence-electron chi connectivity index (χ1n) is 4.54. The molecule has 0 bridgehead atoms. The molecule has 0 aliphatic carbocycles. The standard InChI is InChI=1S/C8H10ClN5O2/c9-8-12-6(10)5-7(13-8)14(3-11-5)1-4(16)2-15/h3-4,15-16H,1-2H2,(H2,10,12,13)/t4-/m1/s1. The lowest BCUT2D eigenvalue weighted by Crippen LogP contribution is -2.19. The number of hydrogen-bond acceptors (Lipinski definition) is 6. The van der Waals surface area contributed by atoms with Crippen LogP contribution in [0.3, 0.4) is 0 Å². The summed E-state index contributed by atoms with van der Waals surface area (Å²) in [6.07, 6.45) is 0.581. The molecule has 8 heteroatoms. The minimum absolute atomic E-state index is 0.0187. The van der Waals surface area contributed by atoms with Gasteiger partial charge in [-0.25, -0.2) is 4.98 Å². The van der Waals surface area contributed by atoms with Crippen molar-refractivity contribution in [3.8, 4) is 0 Å². The van der Waals surface area contributed by atoms with Crippen LogP contribution in [0.5, 0.6) is 0 Å². The van der Waals surface area contributed by atoms with Crippen LogP contribution in [0.4, 0.5) is 5.82 Å². The monoisotopic (exact) mass is 243 g/mol. The third-order valence-electron chi connectivity index (χ3n) is 2.08. The average molecular weight is 244 g/mol. The quantitative estimate of drug-likeness (QED) is 0.622. The fraction of sp³-hybridized carbons (Fsp3) is 0.375. The smallest absolute Gasteiger partial charge is 0.226 e. The van der Waals surface area contributed by atoms with Crippen LogP contribution in [-0.4, -0.2) is 42.4 Å². The molecule has 0 saturated heterocycles. The van der Waals surface area contributed by atoms with Gasteiger partial charge in [0.05, 0.1) is 25.6 Å². The molecule has 0 aromatic carbocycles. The summed E-state index contributed by atoms with van der Waals surface area (Å²) in [5.74, 6) is 0.187. The number of nitrogens with two attached hydrogens (primary N) is 1. The van der Waals surface area contributed by atoms with Gasteiger partial charge in [-0.05, 0) is 11.6 Å². The highest BCUT2D eigenvalue weighted by atomic mass is 35.5. The Kier molecular flexibility index (Phi) is 2.90. The van der Waals surface area contributed by atoms with Gasteiger partial charge in [0.2, 0.25) is 5.28 Å². The van der Waals surface area contributed by atoms with Crippen molar-refractivity contribution in [2.45, 2.75) is 12.6 Å². The zero-order chi connectivity index (χ0) is 11.7. The van der Waals surface area contributed by atoms with E-state index >= 15 is 0 Å². The largest absolute Gasteiger partial charge is 0.394 e. The van der Waals surface area contributed by atoms with E-state index in [0.29, 0.717) is 11.2 Å². The Morgan fingerprint density at radius 3 is 2.94 bits per heavy atom. The number of aliphatic hydroxyl groups is 2. The van der Waals surface area contributed by atoms with Gasteiger partial charge in [-0.1, -0.05) is 0 Å². The molecule has 2 aromatic heterocycles. The van der Waals surface area contributed by atoms with Gasteiger partial charge in [-0.15, -0.1) is 0 Å². The van der Waals surface area contributed by atoms with E-state index < -0.39 is 6.10 Å². The number of aromatic nitrogens is 4. The highest BCUT2D eigenvalue weighted by Crippen LogP contribution is 2.18. The molecule has 2 rings (SSSR count). The molecule has 0 aliphatic rings. The van der Waals surface area contributed by atoms with Gasteiger partial charge in [0.25, 0.3) is 0 Å². The SMILES string of the molecule is Nc1nc(Cl)nc2c1ncn2C[C@@H](O)CO. The van der Waals surface area contributed by atoms with Gasteiger partial charge >= 0.3 is 0 Å². The van der Waals surface area contributed by atoms with E-state index in [0.717, 1.165) is 0 Å². The fourth-order valence-electron chi connectivity index (χ4n) is 1.36. The summed E-state index contributed by atoms with van der Waals surface area (Å²) in [4.78, 5) is 11.7. The molecule has 2 heterocycles. The summed E-state index contributed by atoms with van der Waals surface area (Å²) in [6, 6.07) is 0. The van der Waals surface area contributed by atoms with E-state index in [1.807, 2.05) is 0 Å². The average Bonchev–Trinajstić information content (AvgIpc) is 2.61. The first-order valence-corrected chi connectivity index (χ1v) is 4.92. The summed E-state index contributed by atoms with van der Waals surface area (Å²) in [5.41, 5.74) is 6.47. The van der Waals surface area contributed by atoms with E-state index in [4.69, 9.17) is 22.4 Å². The molecule has 1 atom stereocenters. The van der Waals surface area contributed by atoms with E-state index in [9.17, 15) is 5.11 Å². The first-order chi connectivity index (χ1) is 7.61. The van der Waals surface area contributed by atoms with Gasteiger partial charge in [0.15, 0.2) is 11.5 Å². The first kappa shape index (κ1) is 11.1. The van der Waals surface area contributed by atoms with Gasteiger partial charge < -0.3 is 20.5 Å². The number of anilines is 1. The molecule has 0 saturated carbocycles. The molecule has 0 radical (unpaired) electrons. The van der Waals surface area contributed by atoms with E-state index in [1.165, 1.54) is 6.33 Å². The lowest BCUT2D eigenvalue weighted by atomic mass is 10.4. The number of halogens is 1. The predicted molar refractivity (Wildman–Crippen MR) is 57.8 cm³/mol. The van der Waals surface area contributed by atoms with Crippen molar-refractivity contribution in [2.24, 2.45) is 0 Å². The second kappa shape index (κ2) is 4.20. The van der Waals surface area contributed by atoms with E-state index in [2.05, 4.69) is 15.0 Å². The van der Waals surface area contributed by atoms with Crippen LogP contribution in [0.1, 0.15) is 0 Å². The Morgan fingerprint density at radius 2 is 2.25 bits per heavy atom. The Hall–Kier alpha value is -1.44. The maximum absolute atomic E-state index is 9.32. The van der Waals surface area contributed by atoms with Crippen LogP contribution in [0.2, 0.25) is 5.28 Å². The van der Waals surface area contributed by atoms with E-state index in [-0.39, 0.29) is 24.3 Å². The van der Waals surface area contributed by atoms with Crippen LogP contribution >= 0.6 is 11.6 Å². The molecule has 86 valence electrons. The molecule has 0 fully saturated rings. The zero-order valence-electron chi connectivity index (χ0n) is 8.21. The van der Waals surface area contributed by atoms with E-state index in [1.54, 1.807) is 4.57 Å². The van der Waals surface area contributed by atoms with Crippen molar-refractivity contribution in [1.29, 1.82) is 0 Å². The van der Waals surface area contributed by atoms with Crippen molar-refractivity contribution in [2.75, 3.05) is 12.3 Å². The maximum atomic E-state index is 9.32. The minimum atomic E-state index is -0.882. The highest BCUT2D eigenvalue weighted by Gasteiger charge is 2.12. The number of nitrogens with zero attached hydrogens (tertiary/aromatic N) is 4. The Balaban J connectivity index is 2.47. The molecule has 0 spiro atoms. The van der Waals surface area contributed by atoms with Crippen LogP contribution in [-0.2, 0) is 6.54 Å². The van der Waals surface area contributed by atoms with Gasteiger partial charge in [-0.2, -0.15) is 9.97 Å². The zero-order valence-corrected chi connectivity index (χ0v) is 8.96. The van der Waals surface area contributed by atoms with Crippen LogP contribution in [0.25, 0.3) is 11.2 Å². The molecule has 4 N–H and O–H groups in total. The van der Waals surface area contributed by atoms with Crippen LogP contribution in [0.15, 0.2) is 6.33 Å². The van der Waals surface area contributed by atoms with Crippen molar-refractivity contribution in [1.82, 2.24) is 19.5 Å². The summed E-state index contributed by atoms with van der Waals surface area (Å²) in [7, 11) is 0. The lowest BCUT2D eigenvalue weighted by Gasteiger charge is -2.08. The molecule has 16 heavy (non-hydrogen) atoms. The highest BCUT2D eigenvalue weighted by molar-refractivity contribution is 6.28. The Morgan fingerprint density at radius 1 is 1.50 bits per heavy atom. The summed E-state index contributed by atoms with van der Waals surface area (Å²) >= 11 is 5.67. The molecular weight excluding hydrogens is 234 g/mol. The third-order valence-corrected chi connectivity index (χ3v) is 2.25. The minimum Gasteiger partial charge on any atom is -0.394 e. The predicted octanol–water partition coefficient (Wildman–Crippen LogP) is -0.585. The third kappa shape index (κ3) is 1.92. The molecule has 0 aliphatic heterocycles. The second-order valence-electron chi connectivity index (χ2n) is 3.28. The lowest BCUT2D eigenvalue weighted by molar-refractivity contribution is 0.0820. The number of fused-ring (bicyclic) bond motifs is 1. The van der Waals surface area contributed by atoms with Gasteiger partial charge in [0.1, 0.15) is 5.52 Å². The summed E-state index contributed by atoms with van der Waals surface area (Å²) < 4.78 is 1.56. The van der Waals surface area contributed by atoms with Gasteiger partial charge in [-0.3, -0.25) is 0 Å². The number of imidazole rings is 1. The topological polar surface area (TPSA) is 110 Å². The van der Waals surface area contributed by atoms with Crippen LogP contribution < -0.4 is 5.73 Å². The fourth-order valence-corrected chi connectivity index (χ4v) is 1.53. The molecule has 2 aromatic rings. The Bertz CT molecular complexity index is 514. The number of rotatable bonds is 3. The normalized spacial score (nSPS) is 13.2. The number of nitrogen functional groups attached to an aromatic ring is 1. The Labute approximate surface area is 95.5 Å². The van der Waals surface area contributed by atoms with Crippen molar-refractivity contribution in [3.63, 3.8) is 0 Å². The van der Waals surface area contributed by atoms with Gasteiger partial charge in [0, 0.05) is 0 Å². The van der Waals surface area contributed by atoms with Crippen molar-refractivity contribution >= 4 is 28.6 Å². The van der Waals surface area contributed by atoms with Crippen LogP contribution in [0, 0.1) is 0 Å². The van der Waals surface area contributed by atoms with Crippen molar-refractivity contribution < 1.29 is 10.2 Å². The second-order valence-corrected chi connectivity index (χ2v) is 3.62. The van der Waals surface area contributed by atoms with Crippen molar-refractivity contribution in [3.05, 3.63) is 11.6 Å². The number of hydrogen-bond donors (Lipinski definition) is 3. The number of aliphatic hydroxyl groups excluding tert-OH is 2. The summed E-state index contributed by atoms with van der Waals surface area (Å²) in [6.45, 7) is -0.173. The molecule has 0 unspecified atom stereocenters. The molecule has 7 nitrogen and oxygen atoms in total. The molecular formula is C8H10ClN5O2. The molecule has 0 amide bonds. The maximum Gasteiger partial charge on any atom is 0.226 e.